The standard InChI is InChI=1S/C51H62N8O8/c1-28(2)24-58(49(61)44(57-51(63)66-10)33-14-12-11-13-15-33)31(6)46-52-23-41(54-46)35-16-18-37-36(20-35)27-67-42-22-38-34(21-39(37)42)17-19-40-45(38)55-47(53-40)32(7)59(25-30(5)26-64-8)48(60)43(29(3)4)56-50(62)65-9/h11-23,28-32,43-44H,24-27H2,1-10H3,(H,52,54)(H,53,55)(H,56,62)(H,57,63). The number of aromatic nitrogens is 4. The van der Waals surface area contributed by atoms with E-state index in [1.165, 1.54) is 14.2 Å². The molecular weight excluding hydrogens is 853 g/mol. The van der Waals surface area contributed by atoms with Gasteiger partial charge in [-0.25, -0.2) is 19.6 Å². The number of imidazole rings is 2. The molecule has 0 radical (unpaired) electrons. The van der Waals surface area contributed by atoms with Crippen molar-refractivity contribution in [1.82, 2.24) is 40.4 Å². The molecule has 7 rings (SSSR count). The minimum atomic E-state index is -0.952. The first-order valence-corrected chi connectivity index (χ1v) is 22.7. The van der Waals surface area contributed by atoms with E-state index in [0.29, 0.717) is 43.5 Å². The molecule has 16 heteroatoms. The number of aromatic amines is 2. The van der Waals surface area contributed by atoms with Gasteiger partial charge in [0.15, 0.2) is 0 Å². The lowest BCUT2D eigenvalue weighted by atomic mass is 9.92. The van der Waals surface area contributed by atoms with E-state index in [1.54, 1.807) is 23.1 Å². The van der Waals surface area contributed by atoms with Gasteiger partial charge in [0.25, 0.3) is 5.91 Å². The Morgan fingerprint density at radius 3 is 2.15 bits per heavy atom. The molecule has 1 aliphatic heterocycles. The van der Waals surface area contributed by atoms with Crippen molar-refractivity contribution in [3.8, 4) is 28.1 Å². The zero-order valence-corrected chi connectivity index (χ0v) is 39.9. The Balaban J connectivity index is 1.15. The molecule has 0 saturated carbocycles. The zero-order chi connectivity index (χ0) is 48.1. The summed E-state index contributed by atoms with van der Waals surface area (Å²) in [6, 6.07) is 20.9. The van der Waals surface area contributed by atoms with Gasteiger partial charge in [-0.2, -0.15) is 0 Å². The van der Waals surface area contributed by atoms with E-state index in [1.807, 2.05) is 90.9 Å². The van der Waals surface area contributed by atoms with Crippen molar-refractivity contribution in [2.24, 2.45) is 17.8 Å². The number of benzene rings is 4. The number of methoxy groups -OCH3 is 3. The number of amides is 4. The molecule has 3 heterocycles. The van der Waals surface area contributed by atoms with E-state index in [4.69, 9.17) is 28.9 Å². The maximum Gasteiger partial charge on any atom is 0.407 e. The van der Waals surface area contributed by atoms with Crippen molar-refractivity contribution in [3.63, 3.8) is 0 Å². The first-order chi connectivity index (χ1) is 32.1. The molecule has 4 amide bonds. The molecule has 2 aromatic heterocycles. The Bertz CT molecular complexity index is 2730. The van der Waals surface area contributed by atoms with Crippen molar-refractivity contribution in [1.29, 1.82) is 0 Å². The van der Waals surface area contributed by atoms with E-state index in [2.05, 4.69) is 50.9 Å². The molecule has 0 fully saturated rings. The number of fused-ring (bicyclic) bond motifs is 6. The lowest BCUT2D eigenvalue weighted by Crippen LogP contribution is -2.53. The van der Waals surface area contributed by atoms with Gasteiger partial charge in [-0.05, 0) is 83.5 Å². The molecule has 0 spiro atoms. The summed E-state index contributed by atoms with van der Waals surface area (Å²) in [6.07, 6.45) is 0.410. The summed E-state index contributed by atoms with van der Waals surface area (Å²) < 4.78 is 21.6. The second-order valence-electron chi connectivity index (χ2n) is 18.1. The van der Waals surface area contributed by atoms with Crippen LogP contribution in [0.1, 0.15) is 89.4 Å². The number of ether oxygens (including phenoxy) is 4. The summed E-state index contributed by atoms with van der Waals surface area (Å²) in [4.78, 5) is 73.5. The van der Waals surface area contributed by atoms with Crippen LogP contribution in [0.4, 0.5) is 9.59 Å². The Morgan fingerprint density at radius 2 is 1.46 bits per heavy atom. The lowest BCUT2D eigenvalue weighted by molar-refractivity contribution is -0.138. The molecule has 67 heavy (non-hydrogen) atoms. The summed E-state index contributed by atoms with van der Waals surface area (Å²) in [5, 5.41) is 7.34. The number of nitrogens with zero attached hydrogens (tertiary/aromatic N) is 4. The predicted molar refractivity (Wildman–Crippen MR) is 256 cm³/mol. The fourth-order valence-corrected chi connectivity index (χ4v) is 8.76. The van der Waals surface area contributed by atoms with Gasteiger partial charge in [0, 0.05) is 31.1 Å². The highest BCUT2D eigenvalue weighted by atomic mass is 16.5. The summed E-state index contributed by atoms with van der Waals surface area (Å²) in [6.45, 7) is 15.3. The van der Waals surface area contributed by atoms with E-state index in [-0.39, 0.29) is 29.6 Å². The van der Waals surface area contributed by atoms with Crippen molar-refractivity contribution < 1.29 is 38.1 Å². The van der Waals surface area contributed by atoms with Crippen LogP contribution < -0.4 is 15.4 Å². The van der Waals surface area contributed by atoms with Crippen molar-refractivity contribution in [2.45, 2.75) is 79.2 Å². The number of nitrogens with one attached hydrogen (secondary N) is 4. The fraction of sp³-hybridized carbons (Fsp3) is 0.412. The molecule has 4 aromatic carbocycles. The molecule has 16 nitrogen and oxygen atoms in total. The predicted octanol–water partition coefficient (Wildman–Crippen LogP) is 8.86. The average molecular weight is 915 g/mol. The Kier molecular flexibility index (Phi) is 14.8. The van der Waals surface area contributed by atoms with Crippen LogP contribution in [0, 0.1) is 17.8 Å². The second-order valence-corrected chi connectivity index (χ2v) is 18.1. The van der Waals surface area contributed by atoms with Gasteiger partial charge in [-0.3, -0.25) is 9.59 Å². The smallest absolute Gasteiger partial charge is 0.407 e. The third-order valence-electron chi connectivity index (χ3n) is 12.3. The molecule has 4 N–H and O–H groups in total. The van der Waals surface area contributed by atoms with Crippen LogP contribution in [0.5, 0.6) is 5.75 Å². The third kappa shape index (κ3) is 10.4. The Labute approximate surface area is 391 Å². The third-order valence-corrected chi connectivity index (χ3v) is 12.3. The van der Waals surface area contributed by atoms with Crippen LogP contribution in [0.25, 0.3) is 44.2 Å². The minimum absolute atomic E-state index is 0.0106. The SMILES string of the molecule is COCC(C)CN(C(=O)C(NC(=O)OC)C(C)C)C(C)c1nc2c(ccc3cc4c(cc32)OCc2cc(-c3cnc(C(C)N(CC(C)C)C(=O)C(NC(=O)OC)c5ccccc5)[nH]3)ccc2-4)[nH]1. The molecule has 0 aliphatic carbocycles. The summed E-state index contributed by atoms with van der Waals surface area (Å²) in [5.41, 5.74) is 6.94. The minimum Gasteiger partial charge on any atom is -0.488 e. The van der Waals surface area contributed by atoms with Gasteiger partial charge in [-0.15, -0.1) is 0 Å². The summed E-state index contributed by atoms with van der Waals surface area (Å²) >= 11 is 0. The molecule has 5 unspecified atom stereocenters. The van der Waals surface area contributed by atoms with E-state index >= 15 is 0 Å². The van der Waals surface area contributed by atoms with Gasteiger partial charge in [0.1, 0.15) is 36.1 Å². The number of rotatable bonds is 17. The van der Waals surface area contributed by atoms with Crippen LogP contribution in [-0.2, 0) is 30.4 Å². The summed E-state index contributed by atoms with van der Waals surface area (Å²) in [7, 11) is 4.19. The Hall–Kier alpha value is -6.94. The highest BCUT2D eigenvalue weighted by molar-refractivity contribution is 6.07. The summed E-state index contributed by atoms with van der Waals surface area (Å²) in [5.74, 6) is 1.39. The number of hydrogen-bond donors (Lipinski definition) is 4. The van der Waals surface area contributed by atoms with Gasteiger partial charge in [0.2, 0.25) is 5.91 Å². The molecule has 6 aromatic rings. The van der Waals surface area contributed by atoms with Crippen molar-refractivity contribution in [2.75, 3.05) is 41.0 Å². The van der Waals surface area contributed by atoms with E-state index < -0.39 is 36.4 Å². The number of carbonyl (C=O) groups excluding carboxylic acids is 4. The number of alkyl carbamates (subject to hydrolysis) is 2. The van der Waals surface area contributed by atoms with E-state index in [0.717, 1.165) is 55.5 Å². The van der Waals surface area contributed by atoms with Crippen molar-refractivity contribution in [3.05, 3.63) is 102 Å². The maximum atomic E-state index is 14.3. The largest absolute Gasteiger partial charge is 0.488 e. The monoisotopic (exact) mass is 914 g/mol. The van der Waals surface area contributed by atoms with Gasteiger partial charge < -0.3 is 49.3 Å². The average Bonchev–Trinajstić information content (AvgIpc) is 4.01. The van der Waals surface area contributed by atoms with Crippen LogP contribution in [-0.4, -0.2) is 101 Å². The van der Waals surface area contributed by atoms with E-state index in [9.17, 15) is 19.2 Å². The maximum absolute atomic E-state index is 14.3. The van der Waals surface area contributed by atoms with Crippen LogP contribution in [0.3, 0.4) is 0 Å². The highest BCUT2D eigenvalue weighted by Crippen LogP contribution is 2.43. The topological polar surface area (TPSA) is 193 Å². The normalized spacial score (nSPS) is 14.3. The highest BCUT2D eigenvalue weighted by Gasteiger charge is 2.35. The van der Waals surface area contributed by atoms with Gasteiger partial charge in [-0.1, -0.05) is 83.1 Å². The zero-order valence-electron chi connectivity index (χ0n) is 39.9. The van der Waals surface area contributed by atoms with Gasteiger partial charge >= 0.3 is 12.2 Å². The van der Waals surface area contributed by atoms with Crippen LogP contribution in [0.15, 0.2) is 79.0 Å². The molecule has 0 saturated heterocycles. The molecular formula is C51H62N8O8. The fourth-order valence-electron chi connectivity index (χ4n) is 8.76. The van der Waals surface area contributed by atoms with Gasteiger partial charge in [0.05, 0.1) is 55.8 Å². The number of hydrogen-bond acceptors (Lipinski definition) is 10. The first-order valence-electron chi connectivity index (χ1n) is 22.7. The molecule has 1 aliphatic rings. The number of H-pyrrole nitrogens is 2. The lowest BCUT2D eigenvalue weighted by Gasteiger charge is -2.34. The molecule has 354 valence electrons. The van der Waals surface area contributed by atoms with Crippen LogP contribution >= 0.6 is 0 Å². The number of carbonyl (C=O) groups is 4. The molecule has 0 bridgehead atoms. The van der Waals surface area contributed by atoms with Crippen LogP contribution in [0.2, 0.25) is 0 Å². The molecule has 5 atom stereocenters. The first kappa shape index (κ1) is 48.0. The van der Waals surface area contributed by atoms with Crippen molar-refractivity contribution >= 4 is 45.8 Å². The second kappa shape index (κ2) is 20.7. The Morgan fingerprint density at radius 1 is 0.761 bits per heavy atom. The quantitative estimate of drug-likeness (QED) is 0.0687.